The quantitative estimate of drug-likeness (QED) is 0.633. The highest BCUT2D eigenvalue weighted by molar-refractivity contribution is 6.43. The van der Waals surface area contributed by atoms with Crippen LogP contribution >= 0.6 is 23.2 Å². The molecule has 1 aliphatic heterocycles. The van der Waals surface area contributed by atoms with Crippen molar-refractivity contribution in [2.45, 2.75) is 6.42 Å². The van der Waals surface area contributed by atoms with Gasteiger partial charge in [0, 0.05) is 12.7 Å². The molecule has 1 aromatic heterocycles. The molecule has 2 rings (SSSR count). The third kappa shape index (κ3) is 1.06. The van der Waals surface area contributed by atoms with Gasteiger partial charge in [-0.25, -0.2) is 4.98 Å². The number of hydrogen-bond donors (Lipinski definition) is 1. The van der Waals surface area contributed by atoms with E-state index in [0.29, 0.717) is 10.2 Å². The Morgan fingerprint density at radius 3 is 3.09 bits per heavy atom. The van der Waals surface area contributed by atoms with Crippen LogP contribution in [0.4, 0.5) is 5.69 Å². The van der Waals surface area contributed by atoms with Gasteiger partial charge >= 0.3 is 0 Å². The Morgan fingerprint density at radius 2 is 2.27 bits per heavy atom. The minimum absolute atomic E-state index is 0.375. The fourth-order valence-electron chi connectivity index (χ4n) is 1.20. The summed E-state index contributed by atoms with van der Waals surface area (Å²) in [6.07, 6.45) is 2.75. The first-order chi connectivity index (χ1) is 5.29. The molecular formula is C7H6Cl2N2. The summed E-state index contributed by atoms with van der Waals surface area (Å²) in [5, 5.41) is 4.07. The molecule has 1 aliphatic rings. The number of fused-ring (bicyclic) bond motifs is 1. The largest absolute Gasteiger partial charge is 0.383 e. The smallest absolute Gasteiger partial charge is 0.149 e. The van der Waals surface area contributed by atoms with Crippen molar-refractivity contribution in [1.82, 2.24) is 4.98 Å². The minimum Gasteiger partial charge on any atom is -0.383 e. The van der Waals surface area contributed by atoms with Crippen molar-refractivity contribution >= 4 is 28.9 Å². The van der Waals surface area contributed by atoms with Crippen molar-refractivity contribution < 1.29 is 0 Å². The summed E-state index contributed by atoms with van der Waals surface area (Å²) >= 11 is 11.6. The number of aromatic nitrogens is 1. The fraction of sp³-hybridized carbons (Fsp3) is 0.286. The highest BCUT2D eigenvalue weighted by Crippen LogP contribution is 2.33. The molecule has 0 aliphatic carbocycles. The van der Waals surface area contributed by atoms with Crippen molar-refractivity contribution in [3.63, 3.8) is 0 Å². The number of hydrogen-bond acceptors (Lipinski definition) is 2. The van der Waals surface area contributed by atoms with Crippen molar-refractivity contribution in [3.05, 3.63) is 21.9 Å². The number of nitrogens with zero attached hydrogens (tertiary/aromatic N) is 1. The average molecular weight is 189 g/mol. The zero-order chi connectivity index (χ0) is 7.84. The fourth-order valence-corrected chi connectivity index (χ4v) is 1.58. The summed E-state index contributed by atoms with van der Waals surface area (Å²) in [6.45, 7) is 0.928. The molecule has 0 saturated carbocycles. The molecule has 1 aromatic rings. The molecule has 11 heavy (non-hydrogen) atoms. The Bertz CT molecular complexity index is 299. The van der Waals surface area contributed by atoms with E-state index >= 15 is 0 Å². The Kier molecular flexibility index (Phi) is 1.66. The molecule has 0 bridgehead atoms. The van der Waals surface area contributed by atoms with E-state index in [1.165, 1.54) is 0 Å². The molecule has 0 atom stereocenters. The first-order valence-corrected chi connectivity index (χ1v) is 4.11. The molecule has 0 unspecified atom stereocenters. The van der Waals surface area contributed by atoms with Crippen LogP contribution in [0.3, 0.4) is 0 Å². The summed E-state index contributed by atoms with van der Waals surface area (Å²) in [5.41, 5.74) is 2.10. The maximum Gasteiger partial charge on any atom is 0.149 e. The second-order valence-electron chi connectivity index (χ2n) is 2.44. The molecular weight excluding hydrogens is 183 g/mol. The first kappa shape index (κ1) is 7.19. The highest BCUT2D eigenvalue weighted by Gasteiger charge is 2.15. The maximum absolute atomic E-state index is 5.88. The van der Waals surface area contributed by atoms with Crippen LogP contribution in [0.15, 0.2) is 6.20 Å². The second-order valence-corrected chi connectivity index (χ2v) is 3.18. The Labute approximate surface area is 74.5 Å². The van der Waals surface area contributed by atoms with E-state index in [9.17, 15) is 0 Å². The van der Waals surface area contributed by atoms with Gasteiger partial charge in [-0.2, -0.15) is 0 Å². The standard InChI is InChI=1S/C7H6Cl2N2/c8-5-6-4(1-2-10-6)3-11-7(5)9/h3,10H,1-2H2. The number of rotatable bonds is 0. The number of pyridine rings is 1. The molecule has 0 aromatic carbocycles. The Morgan fingerprint density at radius 1 is 1.45 bits per heavy atom. The summed E-state index contributed by atoms with van der Waals surface area (Å²) in [7, 11) is 0. The van der Waals surface area contributed by atoms with Crippen LogP contribution in [-0.4, -0.2) is 11.5 Å². The Balaban J connectivity index is 2.62. The zero-order valence-electron chi connectivity index (χ0n) is 5.69. The van der Waals surface area contributed by atoms with Crippen LogP contribution in [0.1, 0.15) is 5.56 Å². The van der Waals surface area contributed by atoms with E-state index in [0.717, 1.165) is 24.2 Å². The summed E-state index contributed by atoms with van der Waals surface area (Å²) in [6, 6.07) is 0. The van der Waals surface area contributed by atoms with Gasteiger partial charge in [0.15, 0.2) is 0 Å². The predicted molar refractivity (Wildman–Crippen MR) is 46.5 cm³/mol. The number of anilines is 1. The third-order valence-corrected chi connectivity index (χ3v) is 2.50. The highest BCUT2D eigenvalue weighted by atomic mass is 35.5. The van der Waals surface area contributed by atoms with Crippen molar-refractivity contribution in [1.29, 1.82) is 0 Å². The molecule has 0 spiro atoms. The van der Waals surface area contributed by atoms with Crippen LogP contribution in [0, 0.1) is 0 Å². The Hall–Kier alpha value is -0.470. The maximum atomic E-state index is 5.88. The minimum atomic E-state index is 0.375. The number of halogens is 2. The van der Waals surface area contributed by atoms with E-state index in [4.69, 9.17) is 23.2 Å². The van der Waals surface area contributed by atoms with Gasteiger partial charge in [0.1, 0.15) is 10.2 Å². The third-order valence-electron chi connectivity index (χ3n) is 1.75. The molecule has 0 saturated heterocycles. The van der Waals surface area contributed by atoms with Gasteiger partial charge in [-0.1, -0.05) is 23.2 Å². The zero-order valence-corrected chi connectivity index (χ0v) is 7.21. The second kappa shape index (κ2) is 2.54. The van der Waals surface area contributed by atoms with Gasteiger partial charge in [-0.15, -0.1) is 0 Å². The first-order valence-electron chi connectivity index (χ1n) is 3.36. The monoisotopic (exact) mass is 188 g/mol. The van der Waals surface area contributed by atoms with Crippen LogP contribution < -0.4 is 5.32 Å². The van der Waals surface area contributed by atoms with Crippen molar-refractivity contribution in [3.8, 4) is 0 Å². The van der Waals surface area contributed by atoms with Gasteiger partial charge < -0.3 is 5.32 Å². The molecule has 1 N–H and O–H groups in total. The lowest BCUT2D eigenvalue weighted by atomic mass is 10.2. The van der Waals surface area contributed by atoms with Crippen LogP contribution in [0.25, 0.3) is 0 Å². The van der Waals surface area contributed by atoms with E-state index in [-0.39, 0.29) is 0 Å². The molecule has 58 valence electrons. The van der Waals surface area contributed by atoms with E-state index in [1.807, 2.05) is 0 Å². The van der Waals surface area contributed by atoms with Crippen LogP contribution in [0.2, 0.25) is 10.2 Å². The van der Waals surface area contributed by atoms with Gasteiger partial charge in [0.25, 0.3) is 0 Å². The number of nitrogens with one attached hydrogen (secondary N) is 1. The van der Waals surface area contributed by atoms with Gasteiger partial charge in [0.2, 0.25) is 0 Å². The average Bonchev–Trinajstić information content (AvgIpc) is 2.45. The summed E-state index contributed by atoms with van der Waals surface area (Å²) < 4.78 is 0. The lowest BCUT2D eigenvalue weighted by Gasteiger charge is -2.02. The van der Waals surface area contributed by atoms with Gasteiger partial charge in [0.05, 0.1) is 5.69 Å². The van der Waals surface area contributed by atoms with E-state index < -0.39 is 0 Å². The topological polar surface area (TPSA) is 24.9 Å². The van der Waals surface area contributed by atoms with Gasteiger partial charge in [-0.05, 0) is 12.0 Å². The summed E-state index contributed by atoms with van der Waals surface area (Å²) in [4.78, 5) is 3.94. The molecule has 2 nitrogen and oxygen atoms in total. The molecule has 4 heteroatoms. The van der Waals surface area contributed by atoms with E-state index in [2.05, 4.69) is 10.3 Å². The van der Waals surface area contributed by atoms with Crippen molar-refractivity contribution in [2.75, 3.05) is 11.9 Å². The lowest BCUT2D eigenvalue weighted by Crippen LogP contribution is -1.91. The molecule has 0 radical (unpaired) electrons. The normalized spacial score (nSPS) is 14.4. The van der Waals surface area contributed by atoms with Gasteiger partial charge in [-0.3, -0.25) is 0 Å². The summed E-state index contributed by atoms with van der Waals surface area (Å²) in [5.74, 6) is 0. The molecule has 0 fully saturated rings. The van der Waals surface area contributed by atoms with Crippen LogP contribution in [-0.2, 0) is 6.42 Å². The predicted octanol–water partition coefficient (Wildman–Crippen LogP) is 2.36. The molecule has 0 amide bonds. The molecule has 2 heterocycles. The van der Waals surface area contributed by atoms with Crippen LogP contribution in [0.5, 0.6) is 0 Å². The lowest BCUT2D eigenvalue weighted by molar-refractivity contribution is 1.09. The SMILES string of the molecule is Clc1ncc2c(c1Cl)NCC2. The van der Waals surface area contributed by atoms with Crippen molar-refractivity contribution in [2.24, 2.45) is 0 Å². The van der Waals surface area contributed by atoms with E-state index in [1.54, 1.807) is 6.20 Å².